The van der Waals surface area contributed by atoms with E-state index >= 15 is 0 Å². The lowest BCUT2D eigenvalue weighted by molar-refractivity contribution is 0.560. The van der Waals surface area contributed by atoms with E-state index in [0.29, 0.717) is 5.76 Å². The molecule has 0 N–H and O–H groups in total. The van der Waals surface area contributed by atoms with E-state index in [2.05, 4.69) is 36.4 Å². The van der Waals surface area contributed by atoms with Crippen LogP contribution in [0.1, 0.15) is 28.0 Å². The summed E-state index contributed by atoms with van der Waals surface area (Å²) in [7, 11) is 0. The molecule has 22 heavy (non-hydrogen) atoms. The maximum atomic E-state index is 12.5. The van der Waals surface area contributed by atoms with Crippen LogP contribution >= 0.6 is 0 Å². The van der Waals surface area contributed by atoms with E-state index in [1.165, 1.54) is 11.1 Å². The van der Waals surface area contributed by atoms with Crippen LogP contribution < -0.4 is 5.43 Å². The lowest BCUT2D eigenvalue weighted by Gasteiger charge is -2.13. The summed E-state index contributed by atoms with van der Waals surface area (Å²) in [6.45, 7) is 1.85. The van der Waals surface area contributed by atoms with Gasteiger partial charge in [0.1, 0.15) is 11.3 Å². The first-order valence-corrected chi connectivity index (χ1v) is 7.84. The Kier molecular flexibility index (Phi) is 3.11. The molecule has 0 radical (unpaired) electrons. The molecule has 1 heterocycles. The lowest BCUT2D eigenvalue weighted by atomic mass is 9.93. The monoisotopic (exact) mass is 290 g/mol. The molecule has 0 aliphatic heterocycles. The fourth-order valence-corrected chi connectivity index (χ4v) is 3.34. The third-order valence-electron chi connectivity index (χ3n) is 4.56. The quantitative estimate of drug-likeness (QED) is 0.627. The summed E-state index contributed by atoms with van der Waals surface area (Å²) in [5.74, 6) is 0.686. The van der Waals surface area contributed by atoms with Crippen LogP contribution in [0.4, 0.5) is 0 Å². The Morgan fingerprint density at radius 1 is 0.818 bits per heavy atom. The molecule has 110 valence electrons. The number of aryl methyl sites for hydroxylation is 5. The maximum Gasteiger partial charge on any atom is 0.193 e. The summed E-state index contributed by atoms with van der Waals surface area (Å²) >= 11 is 0. The molecule has 0 fully saturated rings. The second kappa shape index (κ2) is 5.13. The van der Waals surface area contributed by atoms with Gasteiger partial charge in [0.05, 0.1) is 5.39 Å². The number of benzene rings is 2. The van der Waals surface area contributed by atoms with Crippen LogP contribution in [0.25, 0.3) is 11.0 Å². The molecule has 0 saturated heterocycles. The van der Waals surface area contributed by atoms with Gasteiger partial charge in [-0.25, -0.2) is 0 Å². The molecule has 1 aromatic heterocycles. The van der Waals surface area contributed by atoms with Gasteiger partial charge in [0.2, 0.25) is 0 Å². The molecular weight excluding hydrogens is 272 g/mol. The zero-order chi connectivity index (χ0) is 15.1. The zero-order valence-electron chi connectivity index (χ0n) is 12.7. The Labute approximate surface area is 129 Å². The smallest absolute Gasteiger partial charge is 0.193 e. The van der Waals surface area contributed by atoms with E-state index in [-0.39, 0.29) is 5.43 Å². The van der Waals surface area contributed by atoms with Gasteiger partial charge in [-0.3, -0.25) is 4.79 Å². The van der Waals surface area contributed by atoms with Crippen LogP contribution in [0.15, 0.2) is 51.7 Å². The van der Waals surface area contributed by atoms with Crippen molar-refractivity contribution in [2.24, 2.45) is 0 Å². The van der Waals surface area contributed by atoms with Crippen molar-refractivity contribution in [3.05, 3.63) is 80.7 Å². The average Bonchev–Trinajstić information content (AvgIpc) is 2.49. The Morgan fingerprint density at radius 3 is 2.09 bits per heavy atom. The highest BCUT2D eigenvalue weighted by atomic mass is 16.3. The molecular formula is C20H18O2. The van der Waals surface area contributed by atoms with E-state index in [0.717, 1.165) is 47.8 Å². The molecule has 0 atom stereocenters. The van der Waals surface area contributed by atoms with Gasteiger partial charge in [0.25, 0.3) is 0 Å². The summed E-state index contributed by atoms with van der Waals surface area (Å²) in [5.41, 5.74) is 5.75. The first-order chi connectivity index (χ1) is 10.7. The van der Waals surface area contributed by atoms with Crippen molar-refractivity contribution in [3.8, 4) is 0 Å². The van der Waals surface area contributed by atoms with E-state index in [9.17, 15) is 4.79 Å². The Balaban J connectivity index is 1.97. The summed E-state index contributed by atoms with van der Waals surface area (Å²) < 4.78 is 5.94. The highest BCUT2D eigenvalue weighted by Crippen LogP contribution is 2.25. The van der Waals surface area contributed by atoms with E-state index in [1.54, 1.807) is 6.07 Å². The van der Waals surface area contributed by atoms with Gasteiger partial charge in [0, 0.05) is 6.07 Å². The molecule has 4 bridgehead atoms. The van der Waals surface area contributed by atoms with Crippen molar-refractivity contribution >= 4 is 11.0 Å². The molecule has 3 aromatic rings. The van der Waals surface area contributed by atoms with Crippen LogP contribution in [0.5, 0.6) is 0 Å². The minimum absolute atomic E-state index is 0.0848. The molecule has 0 unspecified atom stereocenters. The number of hydrogen-bond donors (Lipinski definition) is 0. The first kappa shape index (κ1) is 13.3. The molecule has 0 saturated carbocycles. The van der Waals surface area contributed by atoms with Gasteiger partial charge in [0.15, 0.2) is 5.43 Å². The molecule has 4 aliphatic carbocycles. The van der Waals surface area contributed by atoms with Gasteiger partial charge >= 0.3 is 0 Å². The topological polar surface area (TPSA) is 30.2 Å². The number of rotatable bonds is 0. The van der Waals surface area contributed by atoms with Crippen LogP contribution in [0, 0.1) is 6.92 Å². The van der Waals surface area contributed by atoms with E-state index < -0.39 is 0 Å². The van der Waals surface area contributed by atoms with Gasteiger partial charge in [-0.2, -0.15) is 0 Å². The zero-order valence-corrected chi connectivity index (χ0v) is 12.7. The minimum Gasteiger partial charge on any atom is -0.461 e. The van der Waals surface area contributed by atoms with Gasteiger partial charge in [-0.05, 0) is 54.9 Å². The number of hydrogen-bond acceptors (Lipinski definition) is 2. The molecule has 2 nitrogen and oxygen atoms in total. The predicted octanol–water partition coefficient (Wildman–Crippen LogP) is 3.99. The summed E-state index contributed by atoms with van der Waals surface area (Å²) in [4.78, 5) is 12.5. The summed E-state index contributed by atoms with van der Waals surface area (Å²) in [6.07, 6.45) is 3.67. The first-order valence-electron chi connectivity index (χ1n) is 7.84. The van der Waals surface area contributed by atoms with Gasteiger partial charge in [-0.15, -0.1) is 0 Å². The van der Waals surface area contributed by atoms with Crippen LogP contribution in [-0.2, 0) is 25.7 Å². The molecule has 4 aliphatic rings. The van der Waals surface area contributed by atoms with Crippen molar-refractivity contribution in [1.29, 1.82) is 0 Å². The third kappa shape index (κ3) is 2.25. The van der Waals surface area contributed by atoms with E-state index in [4.69, 9.17) is 4.42 Å². The van der Waals surface area contributed by atoms with E-state index in [1.807, 2.05) is 6.92 Å². The Hall–Kier alpha value is -2.35. The second-order valence-corrected chi connectivity index (χ2v) is 6.13. The molecule has 2 aromatic carbocycles. The SMILES string of the molecule is Cc1cc(=O)c2c3ccc(c2o1)CCc1ccc(cc1)CC3. The van der Waals surface area contributed by atoms with Gasteiger partial charge < -0.3 is 4.42 Å². The molecule has 7 rings (SSSR count). The fourth-order valence-electron chi connectivity index (χ4n) is 3.34. The third-order valence-corrected chi connectivity index (χ3v) is 4.56. The predicted molar refractivity (Wildman–Crippen MR) is 88.5 cm³/mol. The summed E-state index contributed by atoms with van der Waals surface area (Å²) in [5, 5.41) is 0.776. The normalized spacial score (nSPS) is 14.0. The van der Waals surface area contributed by atoms with Crippen molar-refractivity contribution in [2.45, 2.75) is 32.6 Å². The van der Waals surface area contributed by atoms with Crippen LogP contribution in [-0.4, -0.2) is 0 Å². The molecule has 0 amide bonds. The van der Waals surface area contributed by atoms with Gasteiger partial charge in [-0.1, -0.05) is 36.4 Å². The summed E-state index contributed by atoms with van der Waals surface area (Å²) in [6, 6.07) is 14.7. The van der Waals surface area contributed by atoms with Crippen LogP contribution in [0.3, 0.4) is 0 Å². The minimum atomic E-state index is 0.0848. The van der Waals surface area contributed by atoms with Crippen molar-refractivity contribution in [1.82, 2.24) is 0 Å². The molecule has 0 spiro atoms. The standard InChI is InChI=1S/C20H18O2/c1-13-12-18(21)19-16-8-6-14-2-4-15(5-3-14)7-9-17(11-10-16)20(19)22-13/h2-5,10-12H,6-9H2,1H3. The fraction of sp³-hybridized carbons (Fsp3) is 0.250. The van der Waals surface area contributed by atoms with Crippen molar-refractivity contribution in [2.75, 3.05) is 0 Å². The van der Waals surface area contributed by atoms with Crippen LogP contribution in [0.2, 0.25) is 0 Å². The van der Waals surface area contributed by atoms with Crippen molar-refractivity contribution < 1.29 is 4.42 Å². The highest BCUT2D eigenvalue weighted by molar-refractivity contribution is 5.83. The largest absolute Gasteiger partial charge is 0.461 e. The van der Waals surface area contributed by atoms with Crippen molar-refractivity contribution in [3.63, 3.8) is 0 Å². The lowest BCUT2D eigenvalue weighted by Crippen LogP contribution is -2.08. The maximum absolute atomic E-state index is 12.5. The average molecular weight is 290 g/mol. The Morgan fingerprint density at radius 2 is 1.41 bits per heavy atom. The molecule has 2 heteroatoms. The highest BCUT2D eigenvalue weighted by Gasteiger charge is 2.14. The Bertz CT molecular complexity index is 901. The second-order valence-electron chi connectivity index (χ2n) is 6.13.